The Morgan fingerprint density at radius 1 is 1.90 bits per heavy atom. The monoisotopic (exact) mass is 157 g/mol. The normalized spacial score (nSPS) is 15.9. The van der Waals surface area contributed by atoms with Gasteiger partial charge in [0.05, 0.1) is 5.88 Å². The van der Waals surface area contributed by atoms with E-state index in [2.05, 4.69) is 0 Å². The lowest BCUT2D eigenvalue weighted by Crippen LogP contribution is -2.35. The van der Waals surface area contributed by atoms with Crippen LogP contribution in [0.1, 0.15) is 6.92 Å². The van der Waals surface area contributed by atoms with Gasteiger partial charge in [0, 0.05) is 12.7 Å². The van der Waals surface area contributed by atoms with Gasteiger partial charge in [-0.25, -0.2) is 5.01 Å². The molecule has 0 aliphatic carbocycles. The van der Waals surface area contributed by atoms with Gasteiger partial charge in [-0.1, -0.05) is 0 Å². The van der Waals surface area contributed by atoms with Gasteiger partial charge in [0.2, 0.25) is 0 Å². The molecule has 0 aromatic carbocycles. The van der Waals surface area contributed by atoms with E-state index in [4.69, 9.17) is 0 Å². The second kappa shape index (κ2) is 3.51. The summed E-state index contributed by atoms with van der Waals surface area (Å²) in [7, 11) is 0. The van der Waals surface area contributed by atoms with Gasteiger partial charge in [0.25, 0.3) is 0 Å². The standard InChI is InChI=1S/C6H9N2OS/c1-2-7(5-9)8-3-4-10-6-8/h3-4H,2,6H2,1H3. The van der Waals surface area contributed by atoms with Crippen LogP contribution in [0, 0.1) is 0 Å². The number of hydrogen-bond donors (Lipinski definition) is 0. The number of carbonyl (C=O) groups excluding carboxylic acids is 1. The first-order chi connectivity index (χ1) is 4.88. The molecule has 0 spiro atoms. The minimum Gasteiger partial charge on any atom is -0.279 e. The Bertz CT molecular complexity index is 149. The van der Waals surface area contributed by atoms with Gasteiger partial charge in [0.15, 0.2) is 0 Å². The smallest absolute Gasteiger partial charge is 0.279 e. The molecule has 1 aliphatic rings. The highest BCUT2D eigenvalue weighted by Crippen LogP contribution is 2.15. The van der Waals surface area contributed by atoms with Gasteiger partial charge in [0.1, 0.15) is 0 Å². The maximum Gasteiger partial charge on any atom is 0.332 e. The summed E-state index contributed by atoms with van der Waals surface area (Å²) in [6.45, 7) is 2.59. The minimum absolute atomic E-state index is 0.675. The lowest BCUT2D eigenvalue weighted by Gasteiger charge is -2.24. The lowest BCUT2D eigenvalue weighted by atomic mass is 10.7. The van der Waals surface area contributed by atoms with Crippen LogP contribution in [0.5, 0.6) is 0 Å². The zero-order chi connectivity index (χ0) is 7.40. The van der Waals surface area contributed by atoms with E-state index in [-0.39, 0.29) is 0 Å². The molecule has 0 N–H and O–H groups in total. The molecule has 55 valence electrons. The molecule has 3 nitrogen and oxygen atoms in total. The number of nitrogens with zero attached hydrogens (tertiary/aromatic N) is 2. The van der Waals surface area contributed by atoms with Crippen LogP contribution < -0.4 is 0 Å². The van der Waals surface area contributed by atoms with Crippen LogP contribution in [0.3, 0.4) is 0 Å². The fourth-order valence-corrected chi connectivity index (χ4v) is 1.42. The van der Waals surface area contributed by atoms with Gasteiger partial charge < -0.3 is 0 Å². The van der Waals surface area contributed by atoms with Crippen LogP contribution in [-0.4, -0.2) is 28.8 Å². The molecule has 0 fully saturated rings. The quantitative estimate of drug-likeness (QED) is 0.565. The summed E-state index contributed by atoms with van der Waals surface area (Å²) >= 11 is 1.67. The van der Waals surface area contributed by atoms with Crippen molar-refractivity contribution in [2.75, 3.05) is 12.4 Å². The number of rotatable bonds is 3. The zero-order valence-electron chi connectivity index (χ0n) is 5.78. The molecule has 0 saturated heterocycles. The average molecular weight is 157 g/mol. The molecule has 0 saturated carbocycles. The maximum atomic E-state index is 10.2. The first-order valence-electron chi connectivity index (χ1n) is 3.08. The number of hydrazine groups is 1. The van der Waals surface area contributed by atoms with Gasteiger partial charge in [-0.3, -0.25) is 9.80 Å². The molecule has 0 atom stereocenters. The third-order valence-electron chi connectivity index (χ3n) is 1.25. The van der Waals surface area contributed by atoms with E-state index < -0.39 is 0 Å². The maximum absolute atomic E-state index is 10.2. The SMILES string of the molecule is CCN([C]=O)N1C=CSC1. The van der Waals surface area contributed by atoms with Crippen molar-refractivity contribution in [3.05, 3.63) is 11.6 Å². The molecular formula is C6H9N2OS. The summed E-state index contributed by atoms with van der Waals surface area (Å²) in [4.78, 5) is 10.2. The Labute approximate surface area is 64.6 Å². The molecule has 0 bridgehead atoms. The Morgan fingerprint density at radius 3 is 3.10 bits per heavy atom. The Kier molecular flexibility index (Phi) is 2.62. The largest absolute Gasteiger partial charge is 0.332 e. The molecule has 1 aliphatic heterocycles. The molecule has 4 heteroatoms. The lowest BCUT2D eigenvalue weighted by molar-refractivity contribution is 0.134. The predicted octanol–water partition coefficient (Wildman–Crippen LogP) is 0.768. The highest BCUT2D eigenvalue weighted by Gasteiger charge is 2.10. The van der Waals surface area contributed by atoms with Crippen molar-refractivity contribution in [3.63, 3.8) is 0 Å². The molecule has 0 unspecified atom stereocenters. The van der Waals surface area contributed by atoms with Gasteiger partial charge in [-0.05, 0) is 12.3 Å². The van der Waals surface area contributed by atoms with Crippen molar-refractivity contribution in [1.82, 2.24) is 10.0 Å². The van der Waals surface area contributed by atoms with Crippen molar-refractivity contribution in [3.8, 4) is 0 Å². The highest BCUT2D eigenvalue weighted by molar-refractivity contribution is 8.02. The topological polar surface area (TPSA) is 23.6 Å². The van der Waals surface area contributed by atoms with E-state index in [0.717, 1.165) is 5.88 Å². The van der Waals surface area contributed by atoms with E-state index in [0.29, 0.717) is 6.54 Å². The van der Waals surface area contributed by atoms with E-state index >= 15 is 0 Å². The summed E-state index contributed by atoms with van der Waals surface area (Å²) in [6.07, 6.45) is 3.71. The Morgan fingerprint density at radius 2 is 2.70 bits per heavy atom. The van der Waals surface area contributed by atoms with E-state index in [1.54, 1.807) is 11.8 Å². The molecule has 1 rings (SSSR count). The number of thioether (sulfide) groups is 1. The second-order valence-corrected chi connectivity index (χ2v) is 2.69. The Hall–Kier alpha value is -0.640. The van der Waals surface area contributed by atoms with E-state index in [1.807, 2.05) is 30.0 Å². The summed E-state index contributed by atoms with van der Waals surface area (Å²) in [6, 6.07) is 0. The van der Waals surface area contributed by atoms with Gasteiger partial charge >= 0.3 is 6.41 Å². The third-order valence-corrected chi connectivity index (χ3v) is 1.98. The highest BCUT2D eigenvalue weighted by atomic mass is 32.2. The molecule has 1 radical (unpaired) electrons. The number of amides is 1. The van der Waals surface area contributed by atoms with E-state index in [9.17, 15) is 4.79 Å². The van der Waals surface area contributed by atoms with Crippen LogP contribution in [0.15, 0.2) is 11.6 Å². The average Bonchev–Trinajstić information content (AvgIpc) is 2.43. The summed E-state index contributed by atoms with van der Waals surface area (Å²) in [5, 5.41) is 5.30. The van der Waals surface area contributed by atoms with Crippen LogP contribution in [0.2, 0.25) is 0 Å². The van der Waals surface area contributed by atoms with Crippen molar-refractivity contribution in [2.45, 2.75) is 6.92 Å². The van der Waals surface area contributed by atoms with Crippen molar-refractivity contribution >= 4 is 18.2 Å². The molecule has 1 amide bonds. The second-order valence-electron chi connectivity index (χ2n) is 1.83. The fourth-order valence-electron chi connectivity index (χ4n) is 0.725. The molecule has 0 aromatic rings. The zero-order valence-corrected chi connectivity index (χ0v) is 6.60. The van der Waals surface area contributed by atoms with Gasteiger partial charge in [-0.15, -0.1) is 11.8 Å². The van der Waals surface area contributed by atoms with Crippen molar-refractivity contribution in [2.24, 2.45) is 0 Å². The number of hydrogen-bond acceptors (Lipinski definition) is 3. The van der Waals surface area contributed by atoms with Gasteiger partial charge in [-0.2, -0.15) is 0 Å². The van der Waals surface area contributed by atoms with Crippen molar-refractivity contribution < 1.29 is 4.79 Å². The molecular weight excluding hydrogens is 148 g/mol. The predicted molar refractivity (Wildman–Crippen MR) is 41.5 cm³/mol. The van der Waals surface area contributed by atoms with Crippen LogP contribution in [0.4, 0.5) is 0 Å². The summed E-state index contributed by atoms with van der Waals surface area (Å²) < 4.78 is 0. The van der Waals surface area contributed by atoms with Crippen LogP contribution >= 0.6 is 11.8 Å². The third kappa shape index (κ3) is 1.44. The Balaban J connectivity index is 2.44. The fraction of sp³-hybridized carbons (Fsp3) is 0.500. The first kappa shape index (κ1) is 7.47. The molecule has 0 aromatic heterocycles. The van der Waals surface area contributed by atoms with E-state index in [1.165, 1.54) is 5.01 Å². The minimum atomic E-state index is 0.675. The van der Waals surface area contributed by atoms with Crippen LogP contribution in [0.25, 0.3) is 0 Å². The summed E-state index contributed by atoms with van der Waals surface area (Å²) in [5.41, 5.74) is 0. The van der Waals surface area contributed by atoms with Crippen molar-refractivity contribution in [1.29, 1.82) is 0 Å². The summed E-state index contributed by atoms with van der Waals surface area (Å²) in [5.74, 6) is 0.822. The first-order valence-corrected chi connectivity index (χ1v) is 4.13. The van der Waals surface area contributed by atoms with Crippen LogP contribution in [-0.2, 0) is 4.79 Å². The molecule has 10 heavy (non-hydrogen) atoms. The molecule has 1 heterocycles.